The van der Waals surface area contributed by atoms with Crippen LogP contribution in [0.5, 0.6) is 5.75 Å². The largest absolute Gasteiger partial charge is 0.494 e. The SMILES string of the molecule is CCOc1ccc(-c2cc(NC(=O)c3ccncc3)c(C(=O)OC)s2)cc1. The summed E-state index contributed by atoms with van der Waals surface area (Å²) in [6.45, 7) is 2.52. The van der Waals surface area contributed by atoms with E-state index in [1.165, 1.54) is 30.8 Å². The van der Waals surface area contributed by atoms with Crippen molar-refractivity contribution in [3.05, 3.63) is 65.3 Å². The van der Waals surface area contributed by atoms with E-state index in [9.17, 15) is 9.59 Å². The maximum Gasteiger partial charge on any atom is 0.350 e. The minimum atomic E-state index is -0.498. The Morgan fingerprint density at radius 1 is 1.11 bits per heavy atom. The first kappa shape index (κ1) is 18.6. The zero-order valence-corrected chi connectivity index (χ0v) is 15.7. The van der Waals surface area contributed by atoms with Crippen molar-refractivity contribution in [3.8, 4) is 16.2 Å². The van der Waals surface area contributed by atoms with E-state index in [1.54, 1.807) is 18.2 Å². The lowest BCUT2D eigenvalue weighted by Crippen LogP contribution is -2.13. The van der Waals surface area contributed by atoms with Crippen LogP contribution in [0.2, 0.25) is 0 Å². The van der Waals surface area contributed by atoms with Gasteiger partial charge in [0, 0.05) is 22.8 Å². The Labute approximate surface area is 160 Å². The number of benzene rings is 1. The number of pyridine rings is 1. The Bertz CT molecular complexity index is 936. The third-order valence-electron chi connectivity index (χ3n) is 3.74. The van der Waals surface area contributed by atoms with E-state index in [2.05, 4.69) is 10.3 Å². The molecule has 0 atom stereocenters. The van der Waals surface area contributed by atoms with Crippen molar-refractivity contribution in [2.45, 2.75) is 6.92 Å². The molecule has 138 valence electrons. The van der Waals surface area contributed by atoms with Crippen molar-refractivity contribution < 1.29 is 19.1 Å². The Hall–Kier alpha value is -3.19. The number of anilines is 1. The molecule has 0 radical (unpaired) electrons. The number of aromatic nitrogens is 1. The third kappa shape index (κ3) is 4.32. The minimum Gasteiger partial charge on any atom is -0.494 e. The van der Waals surface area contributed by atoms with E-state index in [1.807, 2.05) is 31.2 Å². The highest BCUT2D eigenvalue weighted by atomic mass is 32.1. The molecule has 1 aromatic carbocycles. The van der Waals surface area contributed by atoms with E-state index in [0.29, 0.717) is 22.7 Å². The number of carbonyl (C=O) groups is 2. The first-order valence-corrected chi connectivity index (χ1v) is 9.10. The molecule has 0 aliphatic heterocycles. The summed E-state index contributed by atoms with van der Waals surface area (Å²) in [6.07, 6.45) is 3.07. The standard InChI is InChI=1S/C20H18N2O4S/c1-3-26-15-6-4-13(5-7-15)17-12-16(18(27-17)20(24)25-2)22-19(23)14-8-10-21-11-9-14/h4-12H,3H2,1-2H3,(H,22,23). The second kappa shape index (κ2) is 8.46. The van der Waals surface area contributed by atoms with Crippen LogP contribution in [0.25, 0.3) is 10.4 Å². The molecule has 1 N–H and O–H groups in total. The number of ether oxygens (including phenoxy) is 2. The molecule has 0 fully saturated rings. The van der Waals surface area contributed by atoms with Crippen LogP contribution >= 0.6 is 11.3 Å². The van der Waals surface area contributed by atoms with Gasteiger partial charge in [-0.3, -0.25) is 9.78 Å². The average molecular weight is 382 g/mol. The van der Waals surface area contributed by atoms with Crippen molar-refractivity contribution in [2.24, 2.45) is 0 Å². The molecule has 2 aromatic heterocycles. The molecule has 0 aliphatic rings. The molecule has 0 spiro atoms. The molecular weight excluding hydrogens is 364 g/mol. The number of hydrogen-bond acceptors (Lipinski definition) is 6. The van der Waals surface area contributed by atoms with E-state index < -0.39 is 5.97 Å². The first-order valence-electron chi connectivity index (χ1n) is 8.29. The fourth-order valence-electron chi connectivity index (χ4n) is 2.45. The first-order chi connectivity index (χ1) is 13.1. The Kier molecular flexibility index (Phi) is 5.83. The summed E-state index contributed by atoms with van der Waals surface area (Å²) in [5, 5.41) is 2.78. The van der Waals surface area contributed by atoms with Gasteiger partial charge in [0.05, 0.1) is 19.4 Å². The number of nitrogens with zero attached hydrogens (tertiary/aromatic N) is 1. The van der Waals surface area contributed by atoms with Crippen LogP contribution in [-0.4, -0.2) is 30.6 Å². The van der Waals surface area contributed by atoms with Gasteiger partial charge in [-0.2, -0.15) is 0 Å². The van der Waals surface area contributed by atoms with Gasteiger partial charge in [0.15, 0.2) is 0 Å². The van der Waals surface area contributed by atoms with Gasteiger partial charge in [0.25, 0.3) is 5.91 Å². The Balaban J connectivity index is 1.91. The zero-order chi connectivity index (χ0) is 19.2. The number of carbonyl (C=O) groups excluding carboxylic acids is 2. The molecule has 7 heteroatoms. The van der Waals surface area contributed by atoms with Crippen LogP contribution in [-0.2, 0) is 4.74 Å². The van der Waals surface area contributed by atoms with Crippen LogP contribution in [0.1, 0.15) is 27.0 Å². The van der Waals surface area contributed by atoms with Gasteiger partial charge in [0.1, 0.15) is 10.6 Å². The molecule has 0 bridgehead atoms. The maximum atomic E-state index is 12.4. The van der Waals surface area contributed by atoms with Crippen LogP contribution in [0.15, 0.2) is 54.9 Å². The minimum absolute atomic E-state index is 0.321. The normalized spacial score (nSPS) is 10.3. The number of esters is 1. The molecule has 0 saturated carbocycles. The van der Waals surface area contributed by atoms with Gasteiger partial charge >= 0.3 is 5.97 Å². The van der Waals surface area contributed by atoms with Gasteiger partial charge < -0.3 is 14.8 Å². The summed E-state index contributed by atoms with van der Waals surface area (Å²) in [5.41, 5.74) is 1.78. The fraction of sp³-hybridized carbons (Fsp3) is 0.150. The van der Waals surface area contributed by atoms with Crippen LogP contribution in [0.3, 0.4) is 0 Å². The van der Waals surface area contributed by atoms with Crippen LogP contribution in [0, 0.1) is 0 Å². The topological polar surface area (TPSA) is 77.5 Å². The molecule has 0 saturated heterocycles. The third-order valence-corrected chi connectivity index (χ3v) is 4.91. The Morgan fingerprint density at radius 3 is 2.44 bits per heavy atom. The highest BCUT2D eigenvalue weighted by Gasteiger charge is 2.20. The van der Waals surface area contributed by atoms with Crippen LogP contribution < -0.4 is 10.1 Å². The van der Waals surface area contributed by atoms with E-state index in [0.717, 1.165) is 16.2 Å². The Morgan fingerprint density at radius 2 is 1.81 bits per heavy atom. The zero-order valence-electron chi connectivity index (χ0n) is 14.9. The van der Waals surface area contributed by atoms with Gasteiger partial charge in [-0.15, -0.1) is 11.3 Å². The number of hydrogen-bond donors (Lipinski definition) is 1. The van der Waals surface area contributed by atoms with Crippen LogP contribution in [0.4, 0.5) is 5.69 Å². The molecule has 0 aliphatic carbocycles. The summed E-state index contributed by atoms with van der Waals surface area (Å²) in [5.74, 6) is -0.0435. The predicted octanol–water partition coefficient (Wildman–Crippen LogP) is 4.25. The van der Waals surface area contributed by atoms with Gasteiger partial charge in [-0.05, 0) is 55.0 Å². The molecule has 3 rings (SSSR count). The van der Waals surface area contributed by atoms with Gasteiger partial charge in [0.2, 0.25) is 0 Å². The number of thiophene rings is 1. The summed E-state index contributed by atoms with van der Waals surface area (Å²) >= 11 is 1.26. The number of methoxy groups -OCH3 is 1. The van der Waals surface area contributed by atoms with E-state index in [-0.39, 0.29) is 5.91 Å². The fourth-order valence-corrected chi connectivity index (χ4v) is 3.49. The highest BCUT2D eigenvalue weighted by Crippen LogP contribution is 2.36. The van der Waals surface area contributed by atoms with Gasteiger partial charge in [-0.1, -0.05) is 0 Å². The molecule has 1 amide bonds. The van der Waals surface area contributed by atoms with E-state index >= 15 is 0 Å². The molecule has 27 heavy (non-hydrogen) atoms. The smallest absolute Gasteiger partial charge is 0.350 e. The quantitative estimate of drug-likeness (QED) is 0.645. The molecule has 3 aromatic rings. The van der Waals surface area contributed by atoms with Crippen molar-refractivity contribution in [3.63, 3.8) is 0 Å². The summed E-state index contributed by atoms with van der Waals surface area (Å²) in [4.78, 5) is 29.6. The van der Waals surface area contributed by atoms with Crippen molar-refractivity contribution in [2.75, 3.05) is 19.0 Å². The lowest BCUT2D eigenvalue weighted by Gasteiger charge is -2.05. The average Bonchev–Trinajstić information content (AvgIpc) is 3.12. The lowest BCUT2D eigenvalue weighted by atomic mass is 10.1. The number of nitrogens with one attached hydrogen (secondary N) is 1. The highest BCUT2D eigenvalue weighted by molar-refractivity contribution is 7.18. The summed E-state index contributed by atoms with van der Waals surface area (Å²) in [7, 11) is 1.31. The van der Waals surface area contributed by atoms with Gasteiger partial charge in [-0.25, -0.2) is 4.79 Å². The second-order valence-electron chi connectivity index (χ2n) is 5.49. The summed E-state index contributed by atoms with van der Waals surface area (Å²) in [6, 6.07) is 12.5. The monoisotopic (exact) mass is 382 g/mol. The molecule has 0 unspecified atom stereocenters. The van der Waals surface area contributed by atoms with Crippen molar-refractivity contribution in [1.29, 1.82) is 0 Å². The van der Waals surface area contributed by atoms with Crippen molar-refractivity contribution in [1.82, 2.24) is 4.98 Å². The molecular formula is C20H18N2O4S. The molecule has 6 nitrogen and oxygen atoms in total. The maximum absolute atomic E-state index is 12.4. The second-order valence-corrected chi connectivity index (χ2v) is 6.54. The predicted molar refractivity (Wildman–Crippen MR) is 104 cm³/mol. The van der Waals surface area contributed by atoms with Crippen molar-refractivity contribution >= 4 is 28.9 Å². The number of rotatable bonds is 6. The lowest BCUT2D eigenvalue weighted by molar-refractivity contribution is 0.0607. The number of amides is 1. The molecule has 2 heterocycles. The summed E-state index contributed by atoms with van der Waals surface area (Å²) < 4.78 is 10.3. The van der Waals surface area contributed by atoms with E-state index in [4.69, 9.17) is 9.47 Å².